The van der Waals surface area contributed by atoms with Crippen molar-refractivity contribution in [3.05, 3.63) is 18.0 Å². The van der Waals surface area contributed by atoms with Crippen molar-refractivity contribution in [3.8, 4) is 0 Å². The number of primary amides is 1. The second-order valence-corrected chi connectivity index (χ2v) is 2.41. The maximum Gasteiger partial charge on any atom is 0.219 e. The maximum atomic E-state index is 10.4. The molecule has 0 radical (unpaired) electrons. The summed E-state index contributed by atoms with van der Waals surface area (Å²) in [6.45, 7) is 2.52. The summed E-state index contributed by atoms with van der Waals surface area (Å²) in [5, 5.41) is 4.00. The van der Waals surface area contributed by atoms with Gasteiger partial charge in [-0.3, -0.25) is 9.48 Å². The first kappa shape index (κ1) is 7.78. The van der Waals surface area contributed by atoms with Crippen molar-refractivity contribution >= 4 is 5.91 Å². The number of hydrogen-bond acceptors (Lipinski definition) is 2. The van der Waals surface area contributed by atoms with E-state index in [2.05, 4.69) is 5.10 Å². The minimum atomic E-state index is -0.292. The van der Waals surface area contributed by atoms with Crippen molar-refractivity contribution < 1.29 is 4.79 Å². The Balaban J connectivity index is 2.51. The Hall–Kier alpha value is -1.32. The average Bonchev–Trinajstić information content (AvgIpc) is 2.31. The van der Waals surface area contributed by atoms with Gasteiger partial charge in [0, 0.05) is 24.9 Å². The summed E-state index contributed by atoms with van der Waals surface area (Å²) in [7, 11) is 0. The third kappa shape index (κ3) is 2.07. The van der Waals surface area contributed by atoms with Crippen LogP contribution >= 0.6 is 0 Å². The summed E-state index contributed by atoms with van der Waals surface area (Å²) in [5.41, 5.74) is 6.03. The van der Waals surface area contributed by atoms with E-state index in [1.54, 1.807) is 10.9 Å². The van der Waals surface area contributed by atoms with E-state index >= 15 is 0 Å². The molecule has 0 spiro atoms. The molecule has 4 nitrogen and oxygen atoms in total. The van der Waals surface area contributed by atoms with Gasteiger partial charge in [-0.05, 0) is 13.0 Å². The van der Waals surface area contributed by atoms with Crippen LogP contribution in [0.15, 0.2) is 12.3 Å². The molecular weight excluding hydrogens is 142 g/mol. The molecule has 0 atom stereocenters. The van der Waals surface area contributed by atoms with E-state index in [9.17, 15) is 4.79 Å². The Kier molecular flexibility index (Phi) is 2.25. The molecule has 0 saturated heterocycles. The predicted molar refractivity (Wildman–Crippen MR) is 40.8 cm³/mol. The van der Waals surface area contributed by atoms with Gasteiger partial charge in [0.05, 0.1) is 0 Å². The van der Waals surface area contributed by atoms with Crippen molar-refractivity contribution in [2.24, 2.45) is 5.73 Å². The molecule has 0 unspecified atom stereocenters. The van der Waals surface area contributed by atoms with E-state index in [-0.39, 0.29) is 5.91 Å². The van der Waals surface area contributed by atoms with Crippen LogP contribution in [0.4, 0.5) is 0 Å². The lowest BCUT2D eigenvalue weighted by Crippen LogP contribution is -2.14. The molecule has 2 N–H and O–H groups in total. The average molecular weight is 153 g/mol. The Morgan fingerprint density at radius 1 is 1.82 bits per heavy atom. The van der Waals surface area contributed by atoms with Gasteiger partial charge in [-0.1, -0.05) is 0 Å². The number of nitrogens with zero attached hydrogens (tertiary/aromatic N) is 2. The van der Waals surface area contributed by atoms with Gasteiger partial charge in [0.25, 0.3) is 0 Å². The number of amides is 1. The number of carbonyl (C=O) groups excluding carboxylic acids is 1. The van der Waals surface area contributed by atoms with Gasteiger partial charge >= 0.3 is 0 Å². The van der Waals surface area contributed by atoms with Crippen molar-refractivity contribution in [2.45, 2.75) is 19.9 Å². The fourth-order valence-corrected chi connectivity index (χ4v) is 0.849. The van der Waals surface area contributed by atoms with Gasteiger partial charge in [0.15, 0.2) is 0 Å². The highest BCUT2D eigenvalue weighted by Crippen LogP contribution is 1.96. The molecule has 1 rings (SSSR count). The number of aryl methyl sites for hydroxylation is 2. The number of nitrogens with two attached hydrogens (primary N) is 1. The smallest absolute Gasteiger partial charge is 0.219 e. The van der Waals surface area contributed by atoms with Gasteiger partial charge in [-0.2, -0.15) is 5.10 Å². The van der Waals surface area contributed by atoms with Gasteiger partial charge in [0.2, 0.25) is 5.91 Å². The molecule has 60 valence electrons. The fraction of sp³-hybridized carbons (Fsp3) is 0.429. The number of carbonyl (C=O) groups is 1. The molecule has 1 amide bonds. The van der Waals surface area contributed by atoms with Crippen molar-refractivity contribution in [2.75, 3.05) is 0 Å². The van der Waals surface area contributed by atoms with Gasteiger partial charge in [-0.25, -0.2) is 0 Å². The normalized spacial score (nSPS) is 9.91. The quantitative estimate of drug-likeness (QED) is 0.667. The van der Waals surface area contributed by atoms with Crippen molar-refractivity contribution in [1.82, 2.24) is 9.78 Å². The lowest BCUT2D eigenvalue weighted by Gasteiger charge is -2.00. The third-order valence-electron chi connectivity index (χ3n) is 1.50. The zero-order chi connectivity index (χ0) is 8.27. The molecule has 11 heavy (non-hydrogen) atoms. The molecule has 1 heterocycles. The molecule has 0 bridgehead atoms. The minimum absolute atomic E-state index is 0.292. The van der Waals surface area contributed by atoms with Crippen LogP contribution in [0.1, 0.15) is 12.1 Å². The summed E-state index contributed by atoms with van der Waals surface area (Å²) >= 11 is 0. The number of aromatic nitrogens is 2. The zero-order valence-electron chi connectivity index (χ0n) is 6.45. The molecule has 0 aliphatic carbocycles. The molecule has 0 aliphatic rings. The Morgan fingerprint density at radius 3 is 3.00 bits per heavy atom. The van der Waals surface area contributed by atoms with Gasteiger partial charge in [-0.15, -0.1) is 0 Å². The molecule has 0 saturated carbocycles. The van der Waals surface area contributed by atoms with Crippen LogP contribution in [0.2, 0.25) is 0 Å². The summed E-state index contributed by atoms with van der Waals surface area (Å²) in [4.78, 5) is 10.4. The summed E-state index contributed by atoms with van der Waals surface area (Å²) in [6, 6.07) is 1.89. The summed E-state index contributed by atoms with van der Waals surface area (Å²) in [5.74, 6) is -0.292. The van der Waals surface area contributed by atoms with Crippen LogP contribution < -0.4 is 5.73 Å². The second-order valence-electron chi connectivity index (χ2n) is 2.41. The molecule has 0 aliphatic heterocycles. The summed E-state index contributed by atoms with van der Waals surface area (Å²) in [6.07, 6.45) is 2.05. The van der Waals surface area contributed by atoms with E-state index in [4.69, 9.17) is 5.73 Å². The first-order chi connectivity index (χ1) is 5.20. The van der Waals surface area contributed by atoms with Crippen molar-refractivity contribution in [3.63, 3.8) is 0 Å². The van der Waals surface area contributed by atoms with Crippen LogP contribution in [0.25, 0.3) is 0 Å². The first-order valence-electron chi connectivity index (χ1n) is 3.47. The third-order valence-corrected chi connectivity index (χ3v) is 1.50. The summed E-state index contributed by atoms with van der Waals surface area (Å²) < 4.78 is 1.75. The Morgan fingerprint density at radius 2 is 2.55 bits per heavy atom. The number of hydrogen-bond donors (Lipinski definition) is 1. The van der Waals surface area contributed by atoms with E-state index in [0.29, 0.717) is 13.0 Å². The van der Waals surface area contributed by atoms with Crippen LogP contribution in [0.3, 0.4) is 0 Å². The van der Waals surface area contributed by atoms with Crippen molar-refractivity contribution in [1.29, 1.82) is 0 Å². The second kappa shape index (κ2) is 3.18. The minimum Gasteiger partial charge on any atom is -0.370 e. The molecule has 0 fully saturated rings. The SMILES string of the molecule is Cc1ccnn1CCC(N)=O. The van der Waals surface area contributed by atoms with E-state index in [0.717, 1.165) is 5.69 Å². The molecule has 4 heteroatoms. The van der Waals surface area contributed by atoms with E-state index in [1.807, 2.05) is 13.0 Å². The number of rotatable bonds is 3. The topological polar surface area (TPSA) is 60.9 Å². The first-order valence-corrected chi connectivity index (χ1v) is 3.47. The fourth-order valence-electron chi connectivity index (χ4n) is 0.849. The van der Waals surface area contributed by atoms with Crippen LogP contribution in [-0.4, -0.2) is 15.7 Å². The Labute approximate surface area is 65.0 Å². The van der Waals surface area contributed by atoms with Crippen LogP contribution in [0.5, 0.6) is 0 Å². The predicted octanol–water partition coefficient (Wildman–Crippen LogP) is 0.0669. The molecule has 0 aromatic carbocycles. The van der Waals surface area contributed by atoms with Gasteiger partial charge in [0.1, 0.15) is 0 Å². The highest BCUT2D eigenvalue weighted by Gasteiger charge is 1.98. The Bertz CT molecular complexity index is 254. The van der Waals surface area contributed by atoms with Crippen LogP contribution in [-0.2, 0) is 11.3 Å². The highest BCUT2D eigenvalue weighted by molar-refractivity contribution is 5.73. The lowest BCUT2D eigenvalue weighted by atomic mass is 10.4. The zero-order valence-corrected chi connectivity index (χ0v) is 6.45. The molecule has 1 aromatic heterocycles. The lowest BCUT2D eigenvalue weighted by molar-refractivity contribution is -0.118. The van der Waals surface area contributed by atoms with Crippen LogP contribution in [0, 0.1) is 6.92 Å². The van der Waals surface area contributed by atoms with Gasteiger partial charge < -0.3 is 5.73 Å². The van der Waals surface area contributed by atoms with E-state index < -0.39 is 0 Å². The largest absolute Gasteiger partial charge is 0.370 e. The molecule has 1 aromatic rings. The molecular formula is C7H11N3O. The maximum absolute atomic E-state index is 10.4. The standard InChI is InChI=1S/C7H11N3O/c1-6-2-4-9-10(6)5-3-7(8)11/h2,4H,3,5H2,1H3,(H2,8,11). The highest BCUT2D eigenvalue weighted by atomic mass is 16.1. The monoisotopic (exact) mass is 153 g/mol. The van der Waals surface area contributed by atoms with E-state index in [1.165, 1.54) is 0 Å².